The van der Waals surface area contributed by atoms with E-state index in [-0.39, 0.29) is 12.1 Å². The minimum absolute atomic E-state index is 0.0615. The summed E-state index contributed by atoms with van der Waals surface area (Å²) in [6.07, 6.45) is 0.656. The van der Waals surface area contributed by atoms with Crippen molar-refractivity contribution in [2.24, 2.45) is 0 Å². The highest BCUT2D eigenvalue weighted by molar-refractivity contribution is 8.00. The van der Waals surface area contributed by atoms with Crippen LogP contribution >= 0.6 is 11.8 Å². The summed E-state index contributed by atoms with van der Waals surface area (Å²) in [6.45, 7) is 11.1. The second-order valence-electron chi connectivity index (χ2n) is 8.86. The van der Waals surface area contributed by atoms with E-state index < -0.39 is 0 Å². The third-order valence-electron chi connectivity index (χ3n) is 5.52. The largest absolute Gasteiger partial charge is 0.493 e. The van der Waals surface area contributed by atoms with Crippen LogP contribution < -0.4 is 14.2 Å². The molecule has 0 amide bonds. The third kappa shape index (κ3) is 8.52. The molecule has 0 saturated heterocycles. The van der Waals surface area contributed by atoms with Crippen LogP contribution in [0.25, 0.3) is 0 Å². The van der Waals surface area contributed by atoms with Crippen molar-refractivity contribution in [3.63, 3.8) is 0 Å². The summed E-state index contributed by atoms with van der Waals surface area (Å²) in [4.78, 5) is 12.6. The molecule has 3 aromatic rings. The fourth-order valence-corrected chi connectivity index (χ4v) is 4.32. The van der Waals surface area contributed by atoms with E-state index >= 15 is 0 Å². The fraction of sp³-hybridized carbons (Fsp3) is 0.367. The normalized spacial score (nSPS) is 11.7. The molecular formula is C30H36O5S. The number of thioether (sulfide) groups is 1. The molecule has 0 N–H and O–H groups in total. The minimum Gasteiger partial charge on any atom is -0.493 e. The number of ether oxygens (including phenoxy) is 4. The lowest BCUT2D eigenvalue weighted by Gasteiger charge is -2.19. The van der Waals surface area contributed by atoms with Crippen LogP contribution in [0.15, 0.2) is 71.6 Å². The summed E-state index contributed by atoms with van der Waals surface area (Å²) in [5.74, 6) is 3.50. The monoisotopic (exact) mass is 508 g/mol. The molecule has 192 valence electrons. The Morgan fingerprint density at radius 2 is 1.69 bits per heavy atom. The molecule has 0 aromatic heterocycles. The average molecular weight is 509 g/mol. The van der Waals surface area contributed by atoms with Gasteiger partial charge in [0.05, 0.1) is 25.1 Å². The summed E-state index contributed by atoms with van der Waals surface area (Å²) in [7, 11) is 0. The standard InChI is InChI=1S/C30H36O5S/c1-6-32-30(31)20-36-29-15-13-26(18-22(29)4)33-17-16-23(5)34-27-14-12-24(21(2)3)19-28(27)35-25-10-8-7-9-11-25/h7-15,18-19,21,23H,6,16-17,20H2,1-5H3/t23-/m0/s1. The number of hydrogen-bond acceptors (Lipinski definition) is 6. The number of carbonyl (C=O) groups is 1. The SMILES string of the molecule is CCOC(=O)CSc1ccc(OCC[C@H](C)Oc2ccc(C(C)C)cc2Oc2ccccc2)cc1C. The van der Waals surface area contributed by atoms with E-state index in [0.717, 1.165) is 34.1 Å². The summed E-state index contributed by atoms with van der Waals surface area (Å²) >= 11 is 1.48. The van der Waals surface area contributed by atoms with Crippen LogP contribution in [0.1, 0.15) is 51.2 Å². The van der Waals surface area contributed by atoms with Gasteiger partial charge in [0.2, 0.25) is 0 Å². The molecule has 0 spiro atoms. The van der Waals surface area contributed by atoms with Crippen LogP contribution in [0, 0.1) is 6.92 Å². The Hall–Kier alpha value is -3.12. The third-order valence-corrected chi connectivity index (χ3v) is 6.67. The molecule has 0 saturated carbocycles. The van der Waals surface area contributed by atoms with Crippen molar-refractivity contribution >= 4 is 17.7 Å². The summed E-state index contributed by atoms with van der Waals surface area (Å²) in [5.41, 5.74) is 2.27. The zero-order chi connectivity index (χ0) is 25.9. The number of hydrogen-bond donors (Lipinski definition) is 0. The Morgan fingerprint density at radius 1 is 0.917 bits per heavy atom. The lowest BCUT2D eigenvalue weighted by Crippen LogP contribution is -2.16. The Morgan fingerprint density at radius 3 is 2.39 bits per heavy atom. The predicted octanol–water partition coefficient (Wildman–Crippen LogP) is 7.80. The van der Waals surface area contributed by atoms with Crippen LogP contribution in [0.2, 0.25) is 0 Å². The van der Waals surface area contributed by atoms with E-state index in [1.807, 2.05) is 75.4 Å². The first-order chi connectivity index (χ1) is 17.4. The van der Waals surface area contributed by atoms with E-state index in [4.69, 9.17) is 18.9 Å². The summed E-state index contributed by atoms with van der Waals surface area (Å²) in [5, 5.41) is 0. The lowest BCUT2D eigenvalue weighted by atomic mass is 10.0. The van der Waals surface area contributed by atoms with Crippen molar-refractivity contribution < 1.29 is 23.7 Å². The van der Waals surface area contributed by atoms with Crippen molar-refractivity contribution in [3.05, 3.63) is 77.9 Å². The molecule has 3 rings (SSSR count). The second-order valence-corrected chi connectivity index (χ2v) is 9.88. The van der Waals surface area contributed by atoms with Gasteiger partial charge in [0.15, 0.2) is 11.5 Å². The van der Waals surface area contributed by atoms with Crippen LogP contribution in [0.5, 0.6) is 23.0 Å². The Balaban J connectivity index is 1.55. The van der Waals surface area contributed by atoms with Gasteiger partial charge in [-0.1, -0.05) is 38.1 Å². The predicted molar refractivity (Wildman–Crippen MR) is 146 cm³/mol. The zero-order valence-electron chi connectivity index (χ0n) is 21.8. The van der Waals surface area contributed by atoms with Crippen LogP contribution in [0.4, 0.5) is 0 Å². The lowest BCUT2D eigenvalue weighted by molar-refractivity contribution is -0.139. The van der Waals surface area contributed by atoms with E-state index in [2.05, 4.69) is 26.0 Å². The van der Waals surface area contributed by atoms with Crippen molar-refractivity contribution in [1.82, 2.24) is 0 Å². The number of carbonyl (C=O) groups excluding carboxylic acids is 1. The van der Waals surface area contributed by atoms with Gasteiger partial charge >= 0.3 is 5.97 Å². The molecule has 0 unspecified atom stereocenters. The summed E-state index contributed by atoms with van der Waals surface area (Å²) < 4.78 is 23.4. The second kappa shape index (κ2) is 13.8. The van der Waals surface area contributed by atoms with Gasteiger partial charge in [-0.2, -0.15) is 0 Å². The quantitative estimate of drug-likeness (QED) is 0.173. The molecule has 0 radical (unpaired) electrons. The van der Waals surface area contributed by atoms with Crippen molar-refractivity contribution in [2.45, 2.75) is 58.0 Å². The Bertz CT molecular complexity index is 1110. The van der Waals surface area contributed by atoms with Crippen molar-refractivity contribution in [2.75, 3.05) is 19.0 Å². The van der Waals surface area contributed by atoms with Gasteiger partial charge in [0.25, 0.3) is 0 Å². The molecule has 0 heterocycles. The Kier molecular flexibility index (Phi) is 10.6. The van der Waals surface area contributed by atoms with Gasteiger partial charge in [-0.15, -0.1) is 11.8 Å². The maximum atomic E-state index is 11.6. The minimum atomic E-state index is -0.201. The Labute approximate surface area is 219 Å². The molecule has 6 heteroatoms. The van der Waals surface area contributed by atoms with Crippen molar-refractivity contribution in [3.8, 4) is 23.0 Å². The maximum Gasteiger partial charge on any atom is 0.316 e. The first-order valence-corrected chi connectivity index (χ1v) is 13.4. The molecule has 0 aliphatic carbocycles. The highest BCUT2D eigenvalue weighted by atomic mass is 32.2. The van der Waals surface area contributed by atoms with Crippen LogP contribution in [-0.2, 0) is 9.53 Å². The van der Waals surface area contributed by atoms with Gasteiger partial charge in [-0.05, 0) is 80.3 Å². The highest BCUT2D eigenvalue weighted by Crippen LogP contribution is 2.35. The smallest absolute Gasteiger partial charge is 0.316 e. The first-order valence-electron chi connectivity index (χ1n) is 12.4. The molecular weight excluding hydrogens is 472 g/mol. The number of rotatable bonds is 13. The zero-order valence-corrected chi connectivity index (χ0v) is 22.6. The van der Waals surface area contributed by atoms with E-state index in [0.29, 0.717) is 30.6 Å². The van der Waals surface area contributed by atoms with E-state index in [1.165, 1.54) is 17.3 Å². The molecule has 0 aliphatic heterocycles. The summed E-state index contributed by atoms with van der Waals surface area (Å²) in [6, 6.07) is 21.8. The van der Waals surface area contributed by atoms with Gasteiger partial charge in [0.1, 0.15) is 11.5 Å². The molecule has 0 bridgehead atoms. The van der Waals surface area contributed by atoms with Gasteiger partial charge in [0, 0.05) is 11.3 Å². The van der Waals surface area contributed by atoms with Gasteiger partial charge in [-0.25, -0.2) is 0 Å². The fourth-order valence-electron chi connectivity index (χ4n) is 3.51. The number of aryl methyl sites for hydroxylation is 1. The maximum absolute atomic E-state index is 11.6. The topological polar surface area (TPSA) is 54.0 Å². The molecule has 3 aromatic carbocycles. The number of para-hydroxylation sites is 1. The number of esters is 1. The van der Waals surface area contributed by atoms with Crippen molar-refractivity contribution in [1.29, 1.82) is 0 Å². The van der Waals surface area contributed by atoms with E-state index in [1.54, 1.807) is 0 Å². The molecule has 5 nitrogen and oxygen atoms in total. The van der Waals surface area contributed by atoms with Crippen LogP contribution in [-0.4, -0.2) is 31.0 Å². The molecule has 0 fully saturated rings. The highest BCUT2D eigenvalue weighted by Gasteiger charge is 2.14. The van der Waals surface area contributed by atoms with Gasteiger partial charge < -0.3 is 18.9 Å². The van der Waals surface area contributed by atoms with Gasteiger partial charge in [-0.3, -0.25) is 4.79 Å². The van der Waals surface area contributed by atoms with Crippen LogP contribution in [0.3, 0.4) is 0 Å². The van der Waals surface area contributed by atoms with E-state index in [9.17, 15) is 4.79 Å². The number of benzene rings is 3. The average Bonchev–Trinajstić information content (AvgIpc) is 2.85. The molecule has 1 atom stereocenters. The molecule has 0 aliphatic rings. The first kappa shape index (κ1) is 27.5. The molecule has 36 heavy (non-hydrogen) atoms.